The minimum Gasteiger partial charge on any atom is -0.466 e. The number of aldehydes is 1. The molecular weight excluding hydrogens is 144 g/mol. The lowest BCUT2D eigenvalue weighted by atomic mass is 10.3. The molecular formula is C8H10O3. The van der Waals surface area contributed by atoms with Gasteiger partial charge in [0.05, 0.1) is 7.11 Å². The van der Waals surface area contributed by atoms with Crippen LogP contribution in [0.25, 0.3) is 0 Å². The Balaban J connectivity index is 3.95. The second kappa shape index (κ2) is 5.41. The molecule has 0 fully saturated rings. The summed E-state index contributed by atoms with van der Waals surface area (Å²) in [5.41, 5.74) is 0.560. The van der Waals surface area contributed by atoms with Crippen LogP contribution in [0.1, 0.15) is 6.92 Å². The van der Waals surface area contributed by atoms with E-state index in [0.717, 1.165) is 0 Å². The van der Waals surface area contributed by atoms with Crippen LogP contribution in [0.2, 0.25) is 0 Å². The quantitative estimate of drug-likeness (QED) is 0.262. The fraction of sp³-hybridized carbons (Fsp3) is 0.250. The molecule has 11 heavy (non-hydrogen) atoms. The molecule has 0 bridgehead atoms. The van der Waals surface area contributed by atoms with Crippen LogP contribution in [-0.4, -0.2) is 19.4 Å². The van der Waals surface area contributed by atoms with Gasteiger partial charge in [0.2, 0.25) is 0 Å². The molecule has 0 rings (SSSR count). The van der Waals surface area contributed by atoms with Crippen molar-refractivity contribution in [2.75, 3.05) is 7.11 Å². The van der Waals surface area contributed by atoms with E-state index in [1.54, 1.807) is 6.92 Å². The van der Waals surface area contributed by atoms with Crippen molar-refractivity contribution in [3.8, 4) is 0 Å². The van der Waals surface area contributed by atoms with Gasteiger partial charge >= 0.3 is 5.97 Å². The molecule has 0 aromatic rings. The number of carbonyl (C=O) groups is 2. The van der Waals surface area contributed by atoms with E-state index in [2.05, 4.69) is 4.74 Å². The van der Waals surface area contributed by atoms with Crippen molar-refractivity contribution in [3.05, 3.63) is 23.8 Å². The Labute approximate surface area is 65.4 Å². The lowest BCUT2D eigenvalue weighted by Crippen LogP contribution is -1.92. The Morgan fingerprint density at radius 1 is 1.45 bits per heavy atom. The number of rotatable bonds is 3. The Morgan fingerprint density at radius 3 is 2.55 bits per heavy atom. The highest BCUT2D eigenvalue weighted by Gasteiger charge is 1.87. The van der Waals surface area contributed by atoms with E-state index in [1.807, 2.05) is 0 Å². The molecule has 0 saturated heterocycles. The van der Waals surface area contributed by atoms with E-state index in [-0.39, 0.29) is 0 Å². The highest BCUT2D eigenvalue weighted by Crippen LogP contribution is 1.87. The smallest absolute Gasteiger partial charge is 0.330 e. The lowest BCUT2D eigenvalue weighted by molar-refractivity contribution is -0.134. The molecule has 0 N–H and O–H groups in total. The molecule has 0 heterocycles. The number of hydrogen-bond acceptors (Lipinski definition) is 3. The molecule has 0 aliphatic rings. The summed E-state index contributed by atoms with van der Waals surface area (Å²) in [4.78, 5) is 20.5. The number of ether oxygens (including phenoxy) is 1. The van der Waals surface area contributed by atoms with Gasteiger partial charge in [-0.25, -0.2) is 4.79 Å². The Bertz CT molecular complexity index is 201. The second-order valence-corrected chi connectivity index (χ2v) is 1.91. The standard InChI is InChI=1S/C8H10O3/c1-7(6-9)4-3-5-8(10)11-2/h3-6H,1-2H3/b5-3-,7-4+. The van der Waals surface area contributed by atoms with Gasteiger partial charge in [-0.3, -0.25) is 4.79 Å². The predicted octanol–water partition coefficient (Wildman–Crippen LogP) is 0.861. The molecule has 0 aliphatic carbocycles. The third-order valence-corrected chi connectivity index (χ3v) is 0.979. The minimum atomic E-state index is -0.431. The maximum atomic E-state index is 10.5. The second-order valence-electron chi connectivity index (χ2n) is 1.91. The van der Waals surface area contributed by atoms with Gasteiger partial charge in [-0.1, -0.05) is 12.2 Å². The Kier molecular flexibility index (Phi) is 4.73. The van der Waals surface area contributed by atoms with Crippen molar-refractivity contribution in [2.24, 2.45) is 0 Å². The van der Waals surface area contributed by atoms with Gasteiger partial charge in [-0.05, 0) is 12.5 Å². The molecule has 0 radical (unpaired) electrons. The van der Waals surface area contributed by atoms with Gasteiger partial charge in [0.1, 0.15) is 6.29 Å². The van der Waals surface area contributed by atoms with Crippen molar-refractivity contribution >= 4 is 12.3 Å². The van der Waals surface area contributed by atoms with Crippen molar-refractivity contribution in [2.45, 2.75) is 6.92 Å². The highest BCUT2D eigenvalue weighted by atomic mass is 16.5. The summed E-state index contributed by atoms with van der Waals surface area (Å²) in [5, 5.41) is 0. The van der Waals surface area contributed by atoms with E-state index < -0.39 is 5.97 Å². The van der Waals surface area contributed by atoms with E-state index >= 15 is 0 Å². The highest BCUT2D eigenvalue weighted by molar-refractivity contribution is 5.82. The summed E-state index contributed by atoms with van der Waals surface area (Å²) in [6.07, 6.45) is 4.95. The monoisotopic (exact) mass is 154 g/mol. The van der Waals surface area contributed by atoms with Crippen LogP contribution in [0.4, 0.5) is 0 Å². The number of hydrogen-bond donors (Lipinski definition) is 0. The van der Waals surface area contributed by atoms with E-state index in [9.17, 15) is 9.59 Å². The summed E-state index contributed by atoms with van der Waals surface area (Å²) in [7, 11) is 1.29. The molecule has 0 aromatic carbocycles. The minimum absolute atomic E-state index is 0.431. The average Bonchev–Trinajstić information content (AvgIpc) is 2.04. The molecule has 60 valence electrons. The lowest BCUT2D eigenvalue weighted by Gasteiger charge is -1.86. The molecule has 3 nitrogen and oxygen atoms in total. The van der Waals surface area contributed by atoms with Gasteiger partial charge in [0.15, 0.2) is 0 Å². The van der Waals surface area contributed by atoms with Crippen LogP contribution < -0.4 is 0 Å². The van der Waals surface area contributed by atoms with Crippen molar-refractivity contribution in [3.63, 3.8) is 0 Å². The fourth-order valence-electron chi connectivity index (χ4n) is 0.386. The zero-order valence-electron chi connectivity index (χ0n) is 6.53. The van der Waals surface area contributed by atoms with Crippen LogP contribution in [0.15, 0.2) is 23.8 Å². The maximum Gasteiger partial charge on any atom is 0.330 e. The number of allylic oxidation sites excluding steroid dienone is 3. The summed E-state index contributed by atoms with van der Waals surface area (Å²) in [6.45, 7) is 1.65. The number of esters is 1. The first kappa shape index (κ1) is 9.62. The molecule has 3 heteroatoms. The third-order valence-electron chi connectivity index (χ3n) is 0.979. The van der Waals surface area contributed by atoms with Crippen LogP contribution in [0, 0.1) is 0 Å². The SMILES string of the molecule is COC(=O)/C=C\C=C(/C)C=O. The molecule has 0 spiro atoms. The zero-order chi connectivity index (χ0) is 8.69. The van der Waals surface area contributed by atoms with Gasteiger partial charge in [0.25, 0.3) is 0 Å². The predicted molar refractivity (Wildman–Crippen MR) is 41.0 cm³/mol. The molecule has 0 atom stereocenters. The van der Waals surface area contributed by atoms with E-state index in [0.29, 0.717) is 11.9 Å². The van der Waals surface area contributed by atoms with Crippen molar-refractivity contribution in [1.82, 2.24) is 0 Å². The summed E-state index contributed by atoms with van der Waals surface area (Å²) in [6, 6.07) is 0. The van der Waals surface area contributed by atoms with E-state index in [4.69, 9.17) is 0 Å². The summed E-state index contributed by atoms with van der Waals surface area (Å²) < 4.78 is 4.32. The number of methoxy groups -OCH3 is 1. The van der Waals surface area contributed by atoms with Gasteiger partial charge in [-0.15, -0.1) is 0 Å². The molecule has 0 saturated carbocycles. The van der Waals surface area contributed by atoms with Crippen LogP contribution in [-0.2, 0) is 14.3 Å². The van der Waals surface area contributed by atoms with Crippen molar-refractivity contribution in [1.29, 1.82) is 0 Å². The van der Waals surface area contributed by atoms with Crippen LogP contribution in [0.5, 0.6) is 0 Å². The average molecular weight is 154 g/mol. The topological polar surface area (TPSA) is 43.4 Å². The van der Waals surface area contributed by atoms with Gasteiger partial charge < -0.3 is 4.74 Å². The molecule has 0 aliphatic heterocycles. The third kappa shape index (κ3) is 5.08. The number of carbonyl (C=O) groups excluding carboxylic acids is 2. The normalized spacial score (nSPS) is 11.6. The molecule has 0 aromatic heterocycles. The van der Waals surface area contributed by atoms with Gasteiger partial charge in [0, 0.05) is 6.08 Å². The first-order valence-corrected chi connectivity index (χ1v) is 3.08. The summed E-state index contributed by atoms with van der Waals surface area (Å²) >= 11 is 0. The fourth-order valence-corrected chi connectivity index (χ4v) is 0.386. The van der Waals surface area contributed by atoms with Crippen LogP contribution >= 0.6 is 0 Å². The molecule has 0 amide bonds. The maximum absolute atomic E-state index is 10.5. The molecule has 0 unspecified atom stereocenters. The Morgan fingerprint density at radius 2 is 2.09 bits per heavy atom. The zero-order valence-corrected chi connectivity index (χ0v) is 6.53. The van der Waals surface area contributed by atoms with Crippen LogP contribution in [0.3, 0.4) is 0 Å². The largest absolute Gasteiger partial charge is 0.466 e. The first-order chi connectivity index (χ1) is 5.20. The summed E-state index contributed by atoms with van der Waals surface area (Å²) in [5.74, 6) is -0.431. The van der Waals surface area contributed by atoms with Crippen molar-refractivity contribution < 1.29 is 14.3 Å². The first-order valence-electron chi connectivity index (χ1n) is 3.08. The Hall–Kier alpha value is -1.38. The van der Waals surface area contributed by atoms with Gasteiger partial charge in [-0.2, -0.15) is 0 Å². The van der Waals surface area contributed by atoms with E-state index in [1.165, 1.54) is 25.3 Å².